The largest absolute Gasteiger partial charge is 0.463 e. The van der Waals surface area contributed by atoms with Gasteiger partial charge in [-0.3, -0.25) is 14.5 Å². The first-order valence-corrected chi connectivity index (χ1v) is 9.65. The molecule has 1 aliphatic rings. The van der Waals surface area contributed by atoms with Gasteiger partial charge in [-0.15, -0.1) is 0 Å². The van der Waals surface area contributed by atoms with E-state index in [-0.39, 0.29) is 12.5 Å². The average molecular weight is 390 g/mol. The third kappa shape index (κ3) is 6.55. The second-order valence-corrected chi connectivity index (χ2v) is 7.96. The minimum Gasteiger partial charge on any atom is -0.463 e. The predicted molar refractivity (Wildman–Crippen MR) is 105 cm³/mol. The summed E-state index contributed by atoms with van der Waals surface area (Å²) in [7, 11) is 0. The fraction of sp³-hybridized carbons (Fsp3) is 0.571. The summed E-state index contributed by atoms with van der Waals surface area (Å²) < 4.78 is 10.6. The molecular weight excluding hydrogens is 360 g/mol. The Morgan fingerprint density at radius 1 is 1.18 bits per heavy atom. The van der Waals surface area contributed by atoms with Crippen LogP contribution in [-0.4, -0.2) is 47.7 Å². The molecule has 1 heterocycles. The number of likely N-dealkylation sites (tertiary alicyclic amines) is 1. The average Bonchev–Trinajstić information content (AvgIpc) is 2.64. The summed E-state index contributed by atoms with van der Waals surface area (Å²) >= 11 is 0. The Morgan fingerprint density at radius 2 is 1.86 bits per heavy atom. The zero-order chi connectivity index (χ0) is 20.7. The molecule has 154 valence electrons. The zero-order valence-electron chi connectivity index (χ0n) is 17.1. The molecule has 1 aromatic rings. The van der Waals surface area contributed by atoms with Gasteiger partial charge in [0.15, 0.2) is 0 Å². The fourth-order valence-corrected chi connectivity index (χ4v) is 3.12. The number of nitrogens with one attached hydrogen (secondary N) is 1. The summed E-state index contributed by atoms with van der Waals surface area (Å²) in [6.07, 6.45) is 1.78. The van der Waals surface area contributed by atoms with E-state index in [1.807, 2.05) is 30.3 Å². The summed E-state index contributed by atoms with van der Waals surface area (Å²) in [5.74, 6) is -0.685. The normalized spacial score (nSPS) is 18.1. The van der Waals surface area contributed by atoms with Crippen LogP contribution in [-0.2, 0) is 19.1 Å². The monoisotopic (exact) mass is 390 g/mol. The molecule has 7 heteroatoms. The highest BCUT2D eigenvalue weighted by molar-refractivity contribution is 5.86. The summed E-state index contributed by atoms with van der Waals surface area (Å²) in [5.41, 5.74) is 0.203. The van der Waals surface area contributed by atoms with Gasteiger partial charge in [0.25, 0.3) is 0 Å². The molecule has 0 aliphatic carbocycles. The second kappa shape index (κ2) is 9.57. The van der Waals surface area contributed by atoms with E-state index in [1.54, 1.807) is 20.8 Å². The highest BCUT2D eigenvalue weighted by Gasteiger charge is 2.35. The first-order valence-electron chi connectivity index (χ1n) is 9.65. The van der Waals surface area contributed by atoms with Gasteiger partial charge >= 0.3 is 12.1 Å². The maximum absolute atomic E-state index is 13.0. The lowest BCUT2D eigenvalue weighted by molar-refractivity contribution is -0.142. The molecule has 7 nitrogen and oxygen atoms in total. The fourth-order valence-electron chi connectivity index (χ4n) is 3.12. The maximum atomic E-state index is 13.0. The van der Waals surface area contributed by atoms with Gasteiger partial charge in [-0.1, -0.05) is 30.3 Å². The molecular formula is C21H30N2O5. The molecule has 28 heavy (non-hydrogen) atoms. The molecule has 0 saturated carbocycles. The predicted octanol–water partition coefficient (Wildman–Crippen LogP) is 3.20. The highest BCUT2D eigenvalue weighted by atomic mass is 16.6. The number of carbonyl (C=O) groups is 3. The molecule has 2 amide bonds. The van der Waals surface area contributed by atoms with E-state index >= 15 is 0 Å². The molecule has 1 N–H and O–H groups in total. The Kier molecular flexibility index (Phi) is 7.43. The number of hydrogen-bond acceptors (Lipinski definition) is 5. The number of hydrogen-bond donors (Lipinski definition) is 1. The quantitative estimate of drug-likeness (QED) is 0.781. The Hall–Kier alpha value is -2.57. The molecule has 2 atom stereocenters. The van der Waals surface area contributed by atoms with E-state index in [1.165, 1.54) is 11.8 Å². The number of piperidine rings is 1. The molecule has 1 aromatic carbocycles. The first kappa shape index (κ1) is 21.7. The SMILES string of the molecule is CC(=O)OC[C@@H](NC(=O)[C@@H]1CCCCN1C(=O)OC(C)(C)C)c1ccccc1. The van der Waals surface area contributed by atoms with Crippen molar-refractivity contribution in [3.05, 3.63) is 35.9 Å². The molecule has 1 saturated heterocycles. The molecule has 0 radical (unpaired) electrons. The number of carbonyl (C=O) groups excluding carboxylic acids is 3. The molecule has 0 bridgehead atoms. The van der Waals surface area contributed by atoms with Crippen molar-refractivity contribution < 1.29 is 23.9 Å². The number of rotatable bonds is 5. The van der Waals surface area contributed by atoms with Crippen molar-refractivity contribution in [1.29, 1.82) is 0 Å². The summed E-state index contributed by atoms with van der Waals surface area (Å²) in [6, 6.07) is 8.22. The van der Waals surface area contributed by atoms with Gasteiger partial charge in [-0.2, -0.15) is 0 Å². The number of amides is 2. The van der Waals surface area contributed by atoms with Crippen molar-refractivity contribution in [1.82, 2.24) is 10.2 Å². The highest BCUT2D eigenvalue weighted by Crippen LogP contribution is 2.22. The van der Waals surface area contributed by atoms with Crippen LogP contribution in [0.3, 0.4) is 0 Å². The summed E-state index contributed by atoms with van der Waals surface area (Å²) in [4.78, 5) is 38.3. The van der Waals surface area contributed by atoms with Gasteiger partial charge in [0.05, 0.1) is 6.04 Å². The lowest BCUT2D eigenvalue weighted by Crippen LogP contribution is -2.53. The zero-order valence-corrected chi connectivity index (χ0v) is 17.1. The second-order valence-electron chi connectivity index (χ2n) is 7.96. The van der Waals surface area contributed by atoms with Crippen molar-refractivity contribution in [2.45, 2.75) is 64.6 Å². The van der Waals surface area contributed by atoms with Gasteiger partial charge < -0.3 is 14.8 Å². The van der Waals surface area contributed by atoms with E-state index in [2.05, 4.69) is 5.32 Å². The lowest BCUT2D eigenvalue weighted by atomic mass is 10.0. The Labute approximate surface area is 166 Å². The Morgan fingerprint density at radius 3 is 2.46 bits per heavy atom. The van der Waals surface area contributed by atoms with E-state index in [4.69, 9.17) is 9.47 Å². The Balaban J connectivity index is 2.13. The summed E-state index contributed by atoms with van der Waals surface area (Å²) in [6.45, 7) is 7.24. The van der Waals surface area contributed by atoms with Crippen molar-refractivity contribution in [3.8, 4) is 0 Å². The van der Waals surface area contributed by atoms with Crippen LogP contribution in [0.25, 0.3) is 0 Å². The molecule has 1 fully saturated rings. The smallest absolute Gasteiger partial charge is 0.410 e. The minimum atomic E-state index is -0.628. The van der Waals surface area contributed by atoms with Crippen LogP contribution >= 0.6 is 0 Å². The number of ether oxygens (including phenoxy) is 2. The van der Waals surface area contributed by atoms with Gasteiger partial charge in [-0.05, 0) is 45.6 Å². The van der Waals surface area contributed by atoms with Crippen LogP contribution in [0.1, 0.15) is 58.6 Å². The molecule has 0 spiro atoms. The molecule has 2 rings (SSSR count). The molecule has 0 aromatic heterocycles. The molecule has 0 unspecified atom stereocenters. The van der Waals surface area contributed by atoms with Crippen molar-refractivity contribution in [2.75, 3.05) is 13.2 Å². The van der Waals surface area contributed by atoms with Crippen LogP contribution in [0, 0.1) is 0 Å². The minimum absolute atomic E-state index is 0.0320. The topological polar surface area (TPSA) is 84.9 Å². The van der Waals surface area contributed by atoms with Crippen LogP contribution in [0.15, 0.2) is 30.3 Å². The van der Waals surface area contributed by atoms with Crippen molar-refractivity contribution in [2.24, 2.45) is 0 Å². The standard InChI is InChI=1S/C21H30N2O5/c1-15(24)27-14-17(16-10-6-5-7-11-16)22-19(25)18-12-8-9-13-23(18)20(26)28-21(2,3)4/h5-7,10-11,17-18H,8-9,12-14H2,1-4H3,(H,22,25)/t17-,18+/m1/s1. The van der Waals surface area contributed by atoms with E-state index in [0.717, 1.165) is 18.4 Å². The van der Waals surface area contributed by atoms with Crippen molar-refractivity contribution >= 4 is 18.0 Å². The van der Waals surface area contributed by atoms with Gasteiger partial charge in [0, 0.05) is 13.5 Å². The van der Waals surface area contributed by atoms with Crippen LogP contribution in [0.4, 0.5) is 4.79 Å². The lowest BCUT2D eigenvalue weighted by Gasteiger charge is -2.36. The van der Waals surface area contributed by atoms with E-state index < -0.39 is 29.7 Å². The van der Waals surface area contributed by atoms with E-state index in [0.29, 0.717) is 13.0 Å². The number of esters is 1. The number of nitrogens with zero attached hydrogens (tertiary/aromatic N) is 1. The van der Waals surface area contributed by atoms with Crippen LogP contribution in [0.2, 0.25) is 0 Å². The first-order chi connectivity index (χ1) is 13.2. The van der Waals surface area contributed by atoms with E-state index in [9.17, 15) is 14.4 Å². The number of benzene rings is 1. The Bertz CT molecular complexity index is 684. The third-order valence-electron chi connectivity index (χ3n) is 4.41. The van der Waals surface area contributed by atoms with Gasteiger partial charge in [0.2, 0.25) is 5.91 Å². The van der Waals surface area contributed by atoms with Crippen molar-refractivity contribution in [3.63, 3.8) is 0 Å². The third-order valence-corrected chi connectivity index (χ3v) is 4.41. The van der Waals surface area contributed by atoms with Crippen LogP contribution < -0.4 is 5.32 Å². The van der Waals surface area contributed by atoms with Gasteiger partial charge in [-0.25, -0.2) is 4.79 Å². The summed E-state index contributed by atoms with van der Waals surface area (Å²) in [5, 5.41) is 2.94. The maximum Gasteiger partial charge on any atom is 0.410 e. The van der Waals surface area contributed by atoms with Gasteiger partial charge in [0.1, 0.15) is 18.2 Å². The van der Waals surface area contributed by atoms with Crippen LogP contribution in [0.5, 0.6) is 0 Å². The molecule has 1 aliphatic heterocycles.